The number of nitrogens with one attached hydrogen (secondary N) is 1. The summed E-state index contributed by atoms with van der Waals surface area (Å²) >= 11 is 0. The van der Waals surface area contributed by atoms with Crippen molar-refractivity contribution in [2.24, 2.45) is 4.99 Å². The van der Waals surface area contributed by atoms with Gasteiger partial charge in [0.05, 0.1) is 29.1 Å². The first kappa shape index (κ1) is 26.0. The van der Waals surface area contributed by atoms with E-state index >= 15 is 0 Å². The maximum Gasteiger partial charge on any atom is 0.338 e. The third-order valence-electron chi connectivity index (χ3n) is 6.97. The van der Waals surface area contributed by atoms with E-state index in [9.17, 15) is 14.7 Å². The van der Waals surface area contributed by atoms with Crippen molar-refractivity contribution in [3.05, 3.63) is 89.5 Å². The number of aromatic hydroxyl groups is 1. The molecular formula is C31H32N4O4. The molecule has 4 aromatic rings. The van der Waals surface area contributed by atoms with Crippen LogP contribution >= 0.6 is 0 Å². The number of esters is 1. The molecule has 8 heteroatoms. The molecule has 0 saturated carbocycles. The zero-order chi connectivity index (χ0) is 27.4. The average Bonchev–Trinajstić information content (AvgIpc) is 3.31. The molecule has 2 heterocycles. The number of nitrogens with zero attached hydrogens (tertiary/aromatic N) is 3. The summed E-state index contributed by atoms with van der Waals surface area (Å²) in [5, 5.41) is 11.7. The fourth-order valence-electron chi connectivity index (χ4n) is 4.91. The molecular weight excluding hydrogens is 492 g/mol. The van der Waals surface area contributed by atoms with Crippen LogP contribution in [0.15, 0.2) is 77.8 Å². The monoisotopic (exact) mass is 524 g/mol. The van der Waals surface area contributed by atoms with Gasteiger partial charge in [-0.3, -0.25) is 4.90 Å². The van der Waals surface area contributed by atoms with E-state index in [2.05, 4.69) is 4.98 Å². The fraction of sp³-hybridized carbons (Fsp3) is 0.258. The zero-order valence-electron chi connectivity index (χ0n) is 22.2. The number of ether oxygens (including phenoxy) is 1. The van der Waals surface area contributed by atoms with Crippen molar-refractivity contribution in [2.45, 2.75) is 26.2 Å². The second-order valence-electron chi connectivity index (χ2n) is 9.56. The summed E-state index contributed by atoms with van der Waals surface area (Å²) in [6, 6.07) is 22.3. The van der Waals surface area contributed by atoms with E-state index in [-0.39, 0.29) is 18.5 Å². The Kier molecular flexibility index (Phi) is 7.63. The SMILES string of the molecule is CCOC(=O)c1ccc2c(C(=Nc3ccc(N(C)C(=O)N4CCCCC4)cc3)c3ccccc3)c(O)[nH]c2c1. The van der Waals surface area contributed by atoms with Gasteiger partial charge in [-0.25, -0.2) is 14.6 Å². The van der Waals surface area contributed by atoms with Gasteiger partial charge in [0.1, 0.15) is 0 Å². The highest BCUT2D eigenvalue weighted by Gasteiger charge is 2.22. The molecule has 0 spiro atoms. The number of likely N-dealkylation sites (tertiary alicyclic amines) is 1. The van der Waals surface area contributed by atoms with Crippen LogP contribution in [0.4, 0.5) is 16.2 Å². The number of anilines is 1. The number of benzene rings is 3. The van der Waals surface area contributed by atoms with Crippen LogP contribution in [-0.4, -0.2) is 59.4 Å². The van der Waals surface area contributed by atoms with Gasteiger partial charge in [-0.05, 0) is 62.6 Å². The highest BCUT2D eigenvalue weighted by atomic mass is 16.5. The van der Waals surface area contributed by atoms with Gasteiger partial charge in [-0.2, -0.15) is 0 Å². The lowest BCUT2D eigenvalue weighted by Gasteiger charge is -2.31. The molecule has 0 unspecified atom stereocenters. The molecule has 0 atom stereocenters. The number of H-pyrrole nitrogens is 1. The number of carbonyl (C=O) groups excluding carboxylic acids is 2. The quantitative estimate of drug-likeness (QED) is 0.230. The largest absolute Gasteiger partial charge is 0.494 e. The van der Waals surface area contributed by atoms with Gasteiger partial charge in [0.2, 0.25) is 0 Å². The first-order valence-corrected chi connectivity index (χ1v) is 13.2. The number of rotatable bonds is 6. The van der Waals surface area contributed by atoms with Crippen LogP contribution in [0.1, 0.15) is 47.7 Å². The predicted octanol–water partition coefficient (Wildman–Crippen LogP) is 6.26. The smallest absolute Gasteiger partial charge is 0.338 e. The Morgan fingerprint density at radius 3 is 2.38 bits per heavy atom. The molecule has 0 aliphatic carbocycles. The third kappa shape index (κ3) is 5.50. The number of carbonyl (C=O) groups is 2. The van der Waals surface area contributed by atoms with Crippen molar-refractivity contribution >= 4 is 40.0 Å². The van der Waals surface area contributed by atoms with Crippen molar-refractivity contribution in [3.8, 4) is 5.88 Å². The minimum absolute atomic E-state index is 0.00169. The van der Waals surface area contributed by atoms with E-state index in [1.165, 1.54) is 6.42 Å². The van der Waals surface area contributed by atoms with E-state index in [0.29, 0.717) is 28.0 Å². The lowest BCUT2D eigenvalue weighted by molar-refractivity contribution is 0.0526. The minimum Gasteiger partial charge on any atom is -0.494 e. The zero-order valence-corrected chi connectivity index (χ0v) is 22.2. The van der Waals surface area contributed by atoms with Crippen LogP contribution in [-0.2, 0) is 4.74 Å². The fourth-order valence-corrected chi connectivity index (χ4v) is 4.91. The topological polar surface area (TPSA) is 98.2 Å². The number of aromatic amines is 1. The molecule has 2 amide bonds. The Morgan fingerprint density at radius 2 is 1.69 bits per heavy atom. The highest BCUT2D eigenvalue weighted by Crippen LogP contribution is 2.32. The molecule has 2 N–H and O–H groups in total. The van der Waals surface area contributed by atoms with Crippen LogP contribution in [0.5, 0.6) is 5.88 Å². The van der Waals surface area contributed by atoms with E-state index in [4.69, 9.17) is 9.73 Å². The third-order valence-corrected chi connectivity index (χ3v) is 6.97. The summed E-state index contributed by atoms with van der Waals surface area (Å²) in [4.78, 5) is 36.7. The maximum atomic E-state index is 12.9. The Labute approximate surface area is 227 Å². The van der Waals surface area contributed by atoms with Crippen LogP contribution in [0.3, 0.4) is 0 Å². The van der Waals surface area contributed by atoms with Crippen molar-refractivity contribution in [1.29, 1.82) is 0 Å². The summed E-state index contributed by atoms with van der Waals surface area (Å²) in [6.07, 6.45) is 3.25. The molecule has 1 saturated heterocycles. The molecule has 200 valence electrons. The van der Waals surface area contributed by atoms with Gasteiger partial charge >= 0.3 is 12.0 Å². The number of amides is 2. The van der Waals surface area contributed by atoms with Crippen molar-refractivity contribution < 1.29 is 19.4 Å². The minimum atomic E-state index is -0.421. The predicted molar refractivity (Wildman–Crippen MR) is 153 cm³/mol. The Morgan fingerprint density at radius 1 is 0.974 bits per heavy atom. The van der Waals surface area contributed by atoms with Gasteiger partial charge in [-0.1, -0.05) is 36.4 Å². The molecule has 1 aromatic heterocycles. The number of urea groups is 1. The lowest BCUT2D eigenvalue weighted by Crippen LogP contribution is -2.43. The van der Waals surface area contributed by atoms with E-state index < -0.39 is 5.97 Å². The van der Waals surface area contributed by atoms with Gasteiger partial charge in [0.25, 0.3) is 0 Å². The van der Waals surface area contributed by atoms with Crippen LogP contribution in [0.25, 0.3) is 10.9 Å². The molecule has 0 radical (unpaired) electrons. The van der Waals surface area contributed by atoms with Gasteiger partial charge < -0.3 is 19.7 Å². The van der Waals surface area contributed by atoms with Gasteiger partial charge in [0, 0.05) is 42.3 Å². The second-order valence-corrected chi connectivity index (χ2v) is 9.56. The number of piperidine rings is 1. The number of hydrogen-bond donors (Lipinski definition) is 2. The maximum absolute atomic E-state index is 12.9. The molecule has 8 nitrogen and oxygen atoms in total. The average molecular weight is 525 g/mol. The van der Waals surface area contributed by atoms with E-state index in [0.717, 1.165) is 42.6 Å². The Bertz CT molecular complexity index is 1500. The Hall–Kier alpha value is -4.59. The van der Waals surface area contributed by atoms with E-state index in [1.807, 2.05) is 59.5 Å². The number of aliphatic imine (C=N–C) groups is 1. The van der Waals surface area contributed by atoms with Crippen LogP contribution in [0.2, 0.25) is 0 Å². The summed E-state index contributed by atoms with van der Waals surface area (Å²) in [5.41, 5.74) is 4.39. The summed E-state index contributed by atoms with van der Waals surface area (Å²) < 4.78 is 5.12. The molecule has 39 heavy (non-hydrogen) atoms. The normalized spacial score (nSPS) is 13.9. The molecule has 5 rings (SSSR count). The van der Waals surface area contributed by atoms with Gasteiger partial charge in [-0.15, -0.1) is 0 Å². The standard InChI is InChI=1S/C31H32N4O4/c1-3-39-30(37)22-12-17-25-26(20-22)33-29(36)27(25)28(21-10-6-4-7-11-21)32-23-13-15-24(16-14-23)34(2)31(38)35-18-8-5-9-19-35/h4,6-7,10-17,20,33,36H,3,5,8-9,18-19H2,1-2H3. The summed E-state index contributed by atoms with van der Waals surface area (Å²) in [6.45, 7) is 3.63. The lowest BCUT2D eigenvalue weighted by atomic mass is 10.00. The number of fused-ring (bicyclic) bond motifs is 1. The second kappa shape index (κ2) is 11.4. The molecule has 1 aliphatic rings. The molecule has 0 bridgehead atoms. The van der Waals surface area contributed by atoms with Crippen molar-refractivity contribution in [1.82, 2.24) is 9.88 Å². The first-order valence-electron chi connectivity index (χ1n) is 13.2. The summed E-state index contributed by atoms with van der Waals surface area (Å²) in [5.74, 6) is -0.465. The van der Waals surface area contributed by atoms with E-state index in [1.54, 1.807) is 37.1 Å². The first-order chi connectivity index (χ1) is 19.0. The molecule has 1 aliphatic heterocycles. The molecule has 1 fully saturated rings. The van der Waals surface area contributed by atoms with Crippen molar-refractivity contribution in [2.75, 3.05) is 31.6 Å². The summed E-state index contributed by atoms with van der Waals surface area (Å²) in [7, 11) is 1.79. The van der Waals surface area contributed by atoms with Crippen LogP contribution < -0.4 is 4.90 Å². The Balaban J connectivity index is 1.50. The highest BCUT2D eigenvalue weighted by molar-refractivity contribution is 6.22. The van der Waals surface area contributed by atoms with Crippen LogP contribution in [0, 0.1) is 0 Å². The number of hydrogen-bond acceptors (Lipinski definition) is 5. The molecule has 3 aromatic carbocycles. The van der Waals surface area contributed by atoms with Crippen molar-refractivity contribution in [3.63, 3.8) is 0 Å². The van der Waals surface area contributed by atoms with Gasteiger partial charge in [0.15, 0.2) is 5.88 Å². The number of aromatic nitrogens is 1.